The second-order valence-corrected chi connectivity index (χ2v) is 12.0. The van der Waals surface area contributed by atoms with Crippen molar-refractivity contribution < 1.29 is 31.5 Å². The van der Waals surface area contributed by atoms with Gasteiger partial charge in [0, 0.05) is 43.8 Å². The lowest BCUT2D eigenvalue weighted by Crippen LogP contribution is -2.43. The van der Waals surface area contributed by atoms with Crippen LogP contribution in [0.5, 0.6) is 0 Å². The van der Waals surface area contributed by atoms with E-state index in [2.05, 4.69) is 10.0 Å². The first kappa shape index (κ1) is 32.6. The molecule has 0 saturated carbocycles. The number of nitrogens with zero attached hydrogens (tertiary/aromatic N) is 3. The number of anilines is 1. The van der Waals surface area contributed by atoms with Gasteiger partial charge in [-0.25, -0.2) is 31.4 Å². The highest BCUT2D eigenvalue weighted by atomic mass is 32.2. The van der Waals surface area contributed by atoms with Gasteiger partial charge in [0.05, 0.1) is 23.4 Å². The number of ether oxygens (including phenoxy) is 1. The highest BCUT2D eigenvalue weighted by Gasteiger charge is 2.27. The van der Waals surface area contributed by atoms with Gasteiger partial charge in [0.15, 0.2) is 0 Å². The van der Waals surface area contributed by atoms with E-state index >= 15 is 8.78 Å². The first-order valence-corrected chi connectivity index (χ1v) is 15.4. The van der Waals surface area contributed by atoms with Gasteiger partial charge in [-0.2, -0.15) is 0 Å². The van der Waals surface area contributed by atoms with Gasteiger partial charge in [-0.15, -0.1) is 0 Å². The smallest absolute Gasteiger partial charge is 0.335 e. The van der Waals surface area contributed by atoms with Crippen LogP contribution in [-0.4, -0.2) is 47.1 Å². The van der Waals surface area contributed by atoms with E-state index in [1.807, 2.05) is 0 Å². The number of methoxy groups -OCH3 is 1. The second kappa shape index (κ2) is 13.3. The molecule has 3 aromatic carbocycles. The van der Waals surface area contributed by atoms with E-state index in [0.717, 1.165) is 11.7 Å². The summed E-state index contributed by atoms with van der Waals surface area (Å²) in [4.78, 5) is 50.0. The highest BCUT2D eigenvalue weighted by Crippen LogP contribution is 2.23. The molecule has 1 atom stereocenters. The molecule has 15 heteroatoms. The normalized spacial score (nSPS) is 11.9. The minimum Gasteiger partial charge on any atom is -0.467 e. The SMILES string of the molecule is COC(=O)[C@H](Cc1ccc(-n2c(=O)ccn(C)c2=O)cc1)NC(=O)c1c(F)cc(NS(=O)(=O)c2ccc(-n3cccc3)cc2)cc1F. The summed E-state index contributed by atoms with van der Waals surface area (Å²) in [5.41, 5.74) is -1.24. The third kappa shape index (κ3) is 7.04. The number of aromatic nitrogens is 3. The number of aryl methyl sites for hydroxylation is 1. The van der Waals surface area contributed by atoms with Crippen LogP contribution in [0.3, 0.4) is 0 Å². The lowest BCUT2D eigenvalue weighted by molar-refractivity contribution is -0.142. The van der Waals surface area contributed by atoms with Crippen molar-refractivity contribution in [2.24, 2.45) is 7.05 Å². The number of halogens is 2. The molecule has 0 aliphatic heterocycles. The molecular weight excluding hydrogens is 636 g/mol. The van der Waals surface area contributed by atoms with Crippen LogP contribution in [0, 0.1) is 11.6 Å². The minimum atomic E-state index is -4.25. The van der Waals surface area contributed by atoms with Gasteiger partial charge in [0.25, 0.3) is 21.5 Å². The number of carbonyl (C=O) groups is 2. The second-order valence-electron chi connectivity index (χ2n) is 10.3. The zero-order valence-electron chi connectivity index (χ0n) is 24.9. The molecule has 2 N–H and O–H groups in total. The minimum absolute atomic E-state index is 0.164. The van der Waals surface area contributed by atoms with Crippen LogP contribution < -0.4 is 21.3 Å². The van der Waals surface area contributed by atoms with Crippen LogP contribution in [0.25, 0.3) is 11.4 Å². The van der Waals surface area contributed by atoms with E-state index in [1.54, 1.807) is 41.2 Å². The summed E-state index contributed by atoms with van der Waals surface area (Å²) in [5.74, 6) is -4.97. The summed E-state index contributed by atoms with van der Waals surface area (Å²) in [6.07, 6.45) is 4.71. The molecule has 2 aromatic heterocycles. The highest BCUT2D eigenvalue weighted by molar-refractivity contribution is 7.92. The Balaban J connectivity index is 1.31. The maximum atomic E-state index is 15.1. The summed E-state index contributed by atoms with van der Waals surface area (Å²) in [6, 6.07) is 16.4. The quantitative estimate of drug-likeness (QED) is 0.218. The molecule has 0 bridgehead atoms. The van der Waals surface area contributed by atoms with Crippen LogP contribution in [0.2, 0.25) is 0 Å². The molecule has 2 heterocycles. The summed E-state index contributed by atoms with van der Waals surface area (Å²) in [5, 5.41) is 2.25. The van der Waals surface area contributed by atoms with Crippen molar-refractivity contribution in [1.82, 2.24) is 19.0 Å². The summed E-state index contributed by atoms with van der Waals surface area (Å²) in [7, 11) is -1.70. The lowest BCUT2D eigenvalue weighted by atomic mass is 10.0. The Hall–Kier alpha value is -5.83. The number of esters is 1. The Morgan fingerprint density at radius 1 is 0.872 bits per heavy atom. The zero-order chi connectivity index (χ0) is 33.9. The first-order chi connectivity index (χ1) is 22.4. The average molecular weight is 664 g/mol. The maximum Gasteiger partial charge on any atom is 0.335 e. The molecule has 0 spiro atoms. The molecule has 0 saturated heterocycles. The number of nitrogens with one attached hydrogen (secondary N) is 2. The number of hydrogen-bond donors (Lipinski definition) is 2. The molecule has 0 radical (unpaired) electrons. The van der Waals surface area contributed by atoms with Crippen LogP contribution in [-0.2, 0) is 33.0 Å². The fourth-order valence-electron chi connectivity index (χ4n) is 4.75. The van der Waals surface area contributed by atoms with E-state index < -0.39 is 62.1 Å². The molecule has 0 fully saturated rings. The van der Waals surface area contributed by atoms with Crippen molar-refractivity contribution in [3.63, 3.8) is 0 Å². The Kier molecular flexibility index (Phi) is 9.19. The summed E-state index contributed by atoms with van der Waals surface area (Å²) in [6.45, 7) is 0. The number of hydrogen-bond acceptors (Lipinski definition) is 7. The topological polar surface area (TPSA) is 150 Å². The van der Waals surface area contributed by atoms with E-state index in [-0.39, 0.29) is 17.0 Å². The monoisotopic (exact) mass is 663 g/mol. The van der Waals surface area contributed by atoms with Gasteiger partial charge in [-0.05, 0) is 66.2 Å². The Morgan fingerprint density at radius 3 is 2.06 bits per heavy atom. The average Bonchev–Trinajstić information content (AvgIpc) is 3.58. The standard InChI is InChI=1S/C32H27F2N5O7S/c1-37-16-13-28(40)39(32(37)43)23-7-5-20(6-8-23)17-27(31(42)46-2)35-30(41)29-25(33)18-21(19-26(29)34)36-47(44,45)24-11-9-22(10-12-24)38-14-3-4-15-38/h3-16,18-19,27,36H,17H2,1-2H3,(H,35,41)/t27-/m0/s1. The maximum absolute atomic E-state index is 15.1. The number of benzene rings is 3. The molecule has 0 unspecified atom stereocenters. The van der Waals surface area contributed by atoms with Crippen molar-refractivity contribution >= 4 is 27.6 Å². The van der Waals surface area contributed by atoms with Crippen molar-refractivity contribution in [1.29, 1.82) is 0 Å². The molecule has 5 aromatic rings. The summed E-state index contributed by atoms with van der Waals surface area (Å²) >= 11 is 0. The third-order valence-electron chi connectivity index (χ3n) is 7.15. The van der Waals surface area contributed by atoms with Gasteiger partial charge in [0.1, 0.15) is 23.2 Å². The van der Waals surface area contributed by atoms with Crippen molar-refractivity contribution in [3.8, 4) is 11.4 Å². The fraction of sp³-hybridized carbons (Fsp3) is 0.125. The number of amides is 1. The molecular formula is C32H27F2N5O7S. The largest absolute Gasteiger partial charge is 0.467 e. The van der Waals surface area contributed by atoms with Crippen molar-refractivity contribution in [2.45, 2.75) is 17.4 Å². The van der Waals surface area contributed by atoms with E-state index in [1.165, 1.54) is 60.3 Å². The first-order valence-electron chi connectivity index (χ1n) is 13.9. The van der Waals surface area contributed by atoms with Gasteiger partial charge >= 0.3 is 11.7 Å². The number of rotatable bonds is 10. The molecule has 0 aliphatic carbocycles. The van der Waals surface area contributed by atoms with Crippen molar-refractivity contribution in [3.05, 3.63) is 141 Å². The lowest BCUT2D eigenvalue weighted by Gasteiger charge is -2.18. The van der Waals surface area contributed by atoms with Crippen molar-refractivity contribution in [2.75, 3.05) is 11.8 Å². The van der Waals surface area contributed by atoms with Gasteiger partial charge < -0.3 is 19.2 Å². The number of sulfonamides is 1. The van der Waals surface area contributed by atoms with Crippen LogP contribution in [0.15, 0.2) is 112 Å². The van der Waals surface area contributed by atoms with Crippen LogP contribution in [0.4, 0.5) is 14.5 Å². The predicted molar refractivity (Wildman–Crippen MR) is 167 cm³/mol. The molecule has 0 aliphatic rings. The van der Waals surface area contributed by atoms with E-state index in [9.17, 15) is 27.6 Å². The van der Waals surface area contributed by atoms with Gasteiger partial charge in [0.2, 0.25) is 0 Å². The molecule has 12 nitrogen and oxygen atoms in total. The predicted octanol–water partition coefficient (Wildman–Crippen LogP) is 2.92. The van der Waals surface area contributed by atoms with E-state index in [4.69, 9.17) is 4.74 Å². The molecule has 5 rings (SSSR count). The Morgan fingerprint density at radius 2 is 1.47 bits per heavy atom. The molecule has 47 heavy (non-hydrogen) atoms. The third-order valence-corrected chi connectivity index (χ3v) is 8.55. The van der Waals surface area contributed by atoms with Gasteiger partial charge in [-0.1, -0.05) is 12.1 Å². The molecule has 1 amide bonds. The Bertz CT molecular complexity index is 2160. The van der Waals surface area contributed by atoms with Gasteiger partial charge in [-0.3, -0.25) is 14.3 Å². The zero-order valence-corrected chi connectivity index (χ0v) is 25.7. The Labute approximate surface area is 266 Å². The summed E-state index contributed by atoms with van der Waals surface area (Å²) < 4.78 is 66.8. The van der Waals surface area contributed by atoms with E-state index in [0.29, 0.717) is 23.4 Å². The fourth-order valence-corrected chi connectivity index (χ4v) is 5.79. The van der Waals surface area contributed by atoms with Crippen LogP contribution >= 0.6 is 0 Å². The van der Waals surface area contributed by atoms with Crippen LogP contribution in [0.1, 0.15) is 15.9 Å². The molecule has 242 valence electrons. The number of carbonyl (C=O) groups excluding carboxylic acids is 2.